The van der Waals surface area contributed by atoms with Gasteiger partial charge in [-0.1, -0.05) is 62.4 Å². The van der Waals surface area contributed by atoms with Crippen molar-refractivity contribution in [2.75, 3.05) is 33.4 Å². The van der Waals surface area contributed by atoms with Crippen LogP contribution in [0.3, 0.4) is 0 Å². The van der Waals surface area contributed by atoms with Gasteiger partial charge in [0, 0.05) is 55.6 Å². The number of ketones is 1. The van der Waals surface area contributed by atoms with E-state index in [0.717, 1.165) is 44.9 Å². The molecule has 0 aliphatic heterocycles. The van der Waals surface area contributed by atoms with Gasteiger partial charge in [0.25, 0.3) is 11.8 Å². The first-order chi connectivity index (χ1) is 21.0. The standard InChI is InChI=1S/C34H44F2N2O6/c1-24(39)12-8-6-4-3-5-7-11-19-44-23-25(15-18-32(41)42)22-38(2)31(40)21-37-33(43)26-16-17-30-28(20-26)27-13-9-10-14-29(27)34(30,35)36/h9-10,13-14,16-17,20,25H,3-8,11-12,15,18-19,21-23H2,1-2H3,(H,37,43)(H,41,42). The third kappa shape index (κ3) is 10.2. The zero-order valence-electron chi connectivity index (χ0n) is 25.7. The number of aliphatic carboxylic acids is 1. The van der Waals surface area contributed by atoms with Gasteiger partial charge in [0.1, 0.15) is 5.78 Å². The number of halogens is 2. The maximum Gasteiger partial charge on any atom is 0.303 e. The Kier molecular flexibility index (Phi) is 13.4. The molecule has 1 aliphatic carbocycles. The number of nitrogens with one attached hydrogen (secondary N) is 1. The molecule has 2 amide bonds. The molecule has 10 heteroatoms. The van der Waals surface area contributed by atoms with Crippen LogP contribution < -0.4 is 5.32 Å². The fourth-order valence-corrected chi connectivity index (χ4v) is 5.47. The van der Waals surface area contributed by atoms with Gasteiger partial charge in [0.05, 0.1) is 13.2 Å². The Bertz CT molecular complexity index is 1300. The number of rotatable bonds is 20. The van der Waals surface area contributed by atoms with Gasteiger partial charge < -0.3 is 24.9 Å². The van der Waals surface area contributed by atoms with E-state index in [1.165, 1.54) is 29.2 Å². The lowest BCUT2D eigenvalue weighted by molar-refractivity contribution is -0.137. The fraction of sp³-hybridized carbons (Fsp3) is 0.529. The van der Waals surface area contributed by atoms with E-state index in [9.17, 15) is 28.0 Å². The van der Waals surface area contributed by atoms with Crippen LogP contribution >= 0.6 is 0 Å². The lowest BCUT2D eigenvalue weighted by Gasteiger charge is -2.24. The van der Waals surface area contributed by atoms with Gasteiger partial charge in [-0.3, -0.25) is 14.4 Å². The highest BCUT2D eigenvalue weighted by atomic mass is 19.3. The molecule has 240 valence electrons. The second kappa shape index (κ2) is 17.0. The summed E-state index contributed by atoms with van der Waals surface area (Å²) in [7, 11) is 1.59. The molecule has 0 heterocycles. The number of carboxylic acid groups (broad SMARTS) is 1. The molecule has 2 aromatic rings. The SMILES string of the molecule is CC(=O)CCCCCCCCCOCC(CCC(=O)O)CN(C)C(=O)CNC(=O)c1ccc2c(c1)-c1ccccc1C2(F)F. The summed E-state index contributed by atoms with van der Waals surface area (Å²) in [6.45, 7) is 2.48. The van der Waals surface area contributed by atoms with Gasteiger partial charge >= 0.3 is 5.97 Å². The molecule has 2 N–H and O–H groups in total. The molecule has 0 saturated heterocycles. The average molecular weight is 615 g/mol. The number of carboxylic acids is 1. The van der Waals surface area contributed by atoms with E-state index in [1.54, 1.807) is 32.2 Å². The molecule has 0 fully saturated rings. The molecule has 44 heavy (non-hydrogen) atoms. The van der Waals surface area contributed by atoms with Crippen molar-refractivity contribution in [3.05, 3.63) is 59.2 Å². The van der Waals surface area contributed by atoms with Gasteiger partial charge in [0.2, 0.25) is 5.91 Å². The maximum absolute atomic E-state index is 14.8. The minimum absolute atomic E-state index is 0.0447. The van der Waals surface area contributed by atoms with E-state index in [0.29, 0.717) is 37.2 Å². The summed E-state index contributed by atoms with van der Waals surface area (Å²) >= 11 is 0. The Morgan fingerprint density at radius 1 is 0.909 bits per heavy atom. The van der Waals surface area contributed by atoms with E-state index in [-0.39, 0.29) is 53.8 Å². The molecular weight excluding hydrogens is 570 g/mol. The van der Waals surface area contributed by atoms with Crippen molar-refractivity contribution < 1.29 is 37.8 Å². The predicted molar refractivity (Wildman–Crippen MR) is 164 cm³/mol. The van der Waals surface area contributed by atoms with Crippen molar-refractivity contribution in [1.29, 1.82) is 0 Å². The minimum atomic E-state index is -3.14. The number of hydrogen-bond donors (Lipinski definition) is 2. The summed E-state index contributed by atoms with van der Waals surface area (Å²) < 4.78 is 35.5. The number of nitrogens with zero attached hydrogens (tertiary/aromatic N) is 1. The lowest BCUT2D eigenvalue weighted by atomic mass is 10.0. The fourth-order valence-electron chi connectivity index (χ4n) is 5.47. The van der Waals surface area contributed by atoms with E-state index < -0.39 is 17.8 Å². The van der Waals surface area contributed by atoms with Crippen LogP contribution in [0.5, 0.6) is 0 Å². The minimum Gasteiger partial charge on any atom is -0.481 e. The van der Waals surface area contributed by atoms with Crippen LogP contribution in [0.2, 0.25) is 0 Å². The molecule has 1 atom stereocenters. The summed E-state index contributed by atoms with van der Waals surface area (Å²) in [5, 5.41) is 11.7. The average Bonchev–Trinajstić information content (AvgIpc) is 3.22. The van der Waals surface area contributed by atoms with Crippen LogP contribution in [0.25, 0.3) is 11.1 Å². The number of benzene rings is 2. The summed E-state index contributed by atoms with van der Waals surface area (Å²) in [6, 6.07) is 10.2. The Labute approximate surface area is 258 Å². The zero-order chi connectivity index (χ0) is 32.1. The molecule has 8 nitrogen and oxygen atoms in total. The number of amides is 2. The number of unbranched alkanes of at least 4 members (excludes halogenated alkanes) is 6. The number of hydrogen-bond acceptors (Lipinski definition) is 5. The molecule has 1 unspecified atom stereocenters. The Morgan fingerprint density at radius 2 is 1.57 bits per heavy atom. The largest absolute Gasteiger partial charge is 0.481 e. The van der Waals surface area contributed by atoms with Crippen LogP contribution in [0.1, 0.15) is 92.6 Å². The molecule has 2 aromatic carbocycles. The lowest BCUT2D eigenvalue weighted by Crippen LogP contribution is -2.41. The van der Waals surface area contributed by atoms with Crippen molar-refractivity contribution in [2.24, 2.45) is 5.92 Å². The van der Waals surface area contributed by atoms with Crippen LogP contribution in [-0.2, 0) is 25.0 Å². The highest BCUT2D eigenvalue weighted by Crippen LogP contribution is 2.50. The zero-order valence-corrected chi connectivity index (χ0v) is 25.7. The van der Waals surface area contributed by atoms with E-state index >= 15 is 0 Å². The van der Waals surface area contributed by atoms with Crippen molar-refractivity contribution in [3.63, 3.8) is 0 Å². The number of alkyl halides is 2. The Morgan fingerprint density at radius 3 is 2.27 bits per heavy atom. The number of carbonyl (C=O) groups excluding carboxylic acids is 3. The van der Waals surface area contributed by atoms with Gasteiger partial charge in [-0.15, -0.1) is 0 Å². The normalized spacial score (nSPS) is 13.5. The van der Waals surface area contributed by atoms with Gasteiger partial charge in [-0.25, -0.2) is 0 Å². The monoisotopic (exact) mass is 614 g/mol. The summed E-state index contributed by atoms with van der Waals surface area (Å²) in [4.78, 5) is 49.2. The van der Waals surface area contributed by atoms with Gasteiger partial charge in [-0.05, 0) is 49.4 Å². The number of likely N-dealkylation sites (N-methyl/N-ethyl adjacent to an activating group) is 1. The quantitative estimate of drug-likeness (QED) is 0.172. The molecule has 0 spiro atoms. The van der Waals surface area contributed by atoms with Crippen LogP contribution in [0, 0.1) is 5.92 Å². The molecule has 3 rings (SSSR count). The molecule has 0 saturated carbocycles. The summed E-state index contributed by atoms with van der Waals surface area (Å²) in [5.41, 5.74) is 0.596. The van der Waals surface area contributed by atoms with Crippen molar-refractivity contribution >= 4 is 23.6 Å². The second-order valence-corrected chi connectivity index (χ2v) is 11.6. The third-order valence-electron chi connectivity index (χ3n) is 7.97. The van der Waals surface area contributed by atoms with Crippen LogP contribution in [0.4, 0.5) is 8.78 Å². The first kappa shape index (κ1) is 34.8. The summed E-state index contributed by atoms with van der Waals surface area (Å²) in [6.07, 6.45) is 8.25. The highest BCUT2D eigenvalue weighted by Gasteiger charge is 2.44. The topological polar surface area (TPSA) is 113 Å². The van der Waals surface area contributed by atoms with Crippen LogP contribution in [-0.4, -0.2) is 66.9 Å². The number of Topliss-reactive ketones (excluding diaryl/α,β-unsaturated/α-hetero) is 1. The van der Waals surface area contributed by atoms with Gasteiger partial charge in [-0.2, -0.15) is 8.78 Å². The van der Waals surface area contributed by atoms with Crippen LogP contribution in [0.15, 0.2) is 42.5 Å². The van der Waals surface area contributed by atoms with Crippen molar-refractivity contribution in [1.82, 2.24) is 10.2 Å². The third-order valence-corrected chi connectivity index (χ3v) is 7.97. The highest BCUT2D eigenvalue weighted by molar-refractivity contribution is 5.98. The smallest absolute Gasteiger partial charge is 0.303 e. The van der Waals surface area contributed by atoms with E-state index in [2.05, 4.69) is 5.32 Å². The Balaban J connectivity index is 1.42. The molecule has 0 bridgehead atoms. The van der Waals surface area contributed by atoms with Gasteiger partial charge in [0.15, 0.2) is 0 Å². The molecule has 0 aromatic heterocycles. The van der Waals surface area contributed by atoms with E-state index in [1.807, 2.05) is 0 Å². The first-order valence-corrected chi connectivity index (χ1v) is 15.4. The molecule has 0 radical (unpaired) electrons. The maximum atomic E-state index is 14.8. The van der Waals surface area contributed by atoms with Crippen molar-refractivity contribution in [3.8, 4) is 11.1 Å². The number of ether oxygens (including phenoxy) is 1. The predicted octanol–water partition coefficient (Wildman–Crippen LogP) is 6.20. The second-order valence-electron chi connectivity index (χ2n) is 11.6. The number of carbonyl (C=O) groups is 4. The van der Waals surface area contributed by atoms with E-state index in [4.69, 9.17) is 9.84 Å². The van der Waals surface area contributed by atoms with Crippen molar-refractivity contribution in [2.45, 2.75) is 77.1 Å². The first-order valence-electron chi connectivity index (χ1n) is 15.4. The molecular formula is C34H44F2N2O6. The Hall–Kier alpha value is -3.66. The molecule has 1 aliphatic rings. The number of fused-ring (bicyclic) bond motifs is 3. The summed E-state index contributed by atoms with van der Waals surface area (Å²) in [5.74, 6) is -4.92.